The van der Waals surface area contributed by atoms with Gasteiger partial charge >= 0.3 is 0 Å². The average Bonchev–Trinajstić information content (AvgIpc) is 2.23. The molecule has 0 amide bonds. The molecule has 0 radical (unpaired) electrons. The molecular weight excluding hydrogens is 230 g/mol. The van der Waals surface area contributed by atoms with Crippen LogP contribution < -0.4 is 5.32 Å². The number of hydrogen-bond donors (Lipinski definition) is 1. The highest BCUT2D eigenvalue weighted by molar-refractivity contribution is 5.28. The molecule has 1 heteroatoms. The minimum Gasteiger partial charge on any atom is -0.312 e. The van der Waals surface area contributed by atoms with Crippen molar-refractivity contribution < 1.29 is 0 Å². The minimum atomic E-state index is 0.216. The molecule has 2 unspecified atom stereocenters. The van der Waals surface area contributed by atoms with Gasteiger partial charge in [-0.05, 0) is 65.0 Å². The number of hydrogen-bond acceptors (Lipinski definition) is 1. The average molecular weight is 261 g/mol. The SMILES string of the molecule is Cc1cc(C)cc(CC(C)C(C)CNC(C)(C)C)c1. The van der Waals surface area contributed by atoms with Crippen molar-refractivity contribution in [3.05, 3.63) is 34.9 Å². The molecule has 108 valence electrons. The molecule has 0 saturated carbocycles. The molecule has 0 spiro atoms. The molecule has 19 heavy (non-hydrogen) atoms. The Bertz CT molecular complexity index is 380. The zero-order valence-electron chi connectivity index (χ0n) is 13.8. The third-order valence-electron chi connectivity index (χ3n) is 3.76. The van der Waals surface area contributed by atoms with Crippen molar-refractivity contribution in [2.24, 2.45) is 11.8 Å². The lowest BCUT2D eigenvalue weighted by Crippen LogP contribution is -2.40. The Balaban J connectivity index is 2.56. The van der Waals surface area contributed by atoms with Crippen molar-refractivity contribution in [2.75, 3.05) is 6.54 Å². The van der Waals surface area contributed by atoms with E-state index in [-0.39, 0.29) is 5.54 Å². The van der Waals surface area contributed by atoms with E-state index < -0.39 is 0 Å². The third kappa shape index (κ3) is 6.24. The molecule has 0 saturated heterocycles. The van der Waals surface area contributed by atoms with Gasteiger partial charge in [0.25, 0.3) is 0 Å². The van der Waals surface area contributed by atoms with Crippen molar-refractivity contribution in [1.29, 1.82) is 0 Å². The second-order valence-electron chi connectivity index (χ2n) is 7.29. The van der Waals surface area contributed by atoms with Crippen molar-refractivity contribution >= 4 is 0 Å². The second kappa shape index (κ2) is 6.56. The smallest absolute Gasteiger partial charge is 0.00966 e. The van der Waals surface area contributed by atoms with Crippen LogP contribution in [0.15, 0.2) is 18.2 Å². The minimum absolute atomic E-state index is 0.216. The summed E-state index contributed by atoms with van der Waals surface area (Å²) in [6.07, 6.45) is 1.18. The summed E-state index contributed by atoms with van der Waals surface area (Å²) in [5.41, 5.74) is 4.45. The lowest BCUT2D eigenvalue weighted by atomic mass is 9.88. The predicted octanol–water partition coefficient (Wildman–Crippen LogP) is 4.51. The van der Waals surface area contributed by atoms with E-state index in [0.717, 1.165) is 6.54 Å². The van der Waals surface area contributed by atoms with Gasteiger partial charge in [0.1, 0.15) is 0 Å². The van der Waals surface area contributed by atoms with E-state index in [4.69, 9.17) is 0 Å². The van der Waals surface area contributed by atoms with Crippen LogP contribution >= 0.6 is 0 Å². The van der Waals surface area contributed by atoms with E-state index in [1.54, 1.807) is 0 Å². The van der Waals surface area contributed by atoms with Gasteiger partial charge in [-0.1, -0.05) is 43.2 Å². The highest BCUT2D eigenvalue weighted by Crippen LogP contribution is 2.19. The first-order valence-electron chi connectivity index (χ1n) is 7.49. The molecule has 1 rings (SSSR count). The standard InChI is InChI=1S/C18H31N/c1-13-8-14(2)10-17(9-13)11-15(3)16(4)12-19-18(5,6)7/h8-10,15-16,19H,11-12H2,1-7H3. The lowest BCUT2D eigenvalue weighted by molar-refractivity contribution is 0.317. The lowest BCUT2D eigenvalue weighted by Gasteiger charge is -2.27. The summed E-state index contributed by atoms with van der Waals surface area (Å²) in [5.74, 6) is 1.40. The summed E-state index contributed by atoms with van der Waals surface area (Å²) >= 11 is 0. The maximum Gasteiger partial charge on any atom is 0.00966 e. The molecule has 0 bridgehead atoms. The molecule has 1 aromatic carbocycles. The fraction of sp³-hybridized carbons (Fsp3) is 0.667. The molecule has 0 aliphatic heterocycles. The van der Waals surface area contributed by atoms with Gasteiger partial charge in [0.2, 0.25) is 0 Å². The van der Waals surface area contributed by atoms with Crippen molar-refractivity contribution in [2.45, 2.75) is 60.4 Å². The molecule has 0 aliphatic carbocycles. The number of benzene rings is 1. The zero-order chi connectivity index (χ0) is 14.6. The Morgan fingerprint density at radius 1 is 0.947 bits per heavy atom. The third-order valence-corrected chi connectivity index (χ3v) is 3.76. The molecule has 1 N–H and O–H groups in total. The van der Waals surface area contributed by atoms with Crippen LogP contribution in [-0.4, -0.2) is 12.1 Å². The summed E-state index contributed by atoms with van der Waals surface area (Å²) in [6.45, 7) is 16.9. The molecule has 1 nitrogen and oxygen atoms in total. The molecule has 0 heterocycles. The summed E-state index contributed by atoms with van der Waals surface area (Å²) in [6, 6.07) is 6.90. The monoisotopic (exact) mass is 261 g/mol. The Morgan fingerprint density at radius 2 is 1.47 bits per heavy atom. The van der Waals surface area contributed by atoms with E-state index in [1.807, 2.05) is 0 Å². The van der Waals surface area contributed by atoms with E-state index in [9.17, 15) is 0 Å². The summed E-state index contributed by atoms with van der Waals surface area (Å²) in [4.78, 5) is 0. The van der Waals surface area contributed by atoms with Gasteiger partial charge in [-0.2, -0.15) is 0 Å². The van der Waals surface area contributed by atoms with Crippen LogP contribution in [0.25, 0.3) is 0 Å². The first-order chi connectivity index (χ1) is 8.67. The van der Waals surface area contributed by atoms with Crippen LogP contribution in [0.2, 0.25) is 0 Å². The number of nitrogens with one attached hydrogen (secondary N) is 1. The maximum absolute atomic E-state index is 3.61. The molecule has 0 aromatic heterocycles. The summed E-state index contributed by atoms with van der Waals surface area (Å²) in [7, 11) is 0. The topological polar surface area (TPSA) is 12.0 Å². The molecule has 2 atom stereocenters. The van der Waals surface area contributed by atoms with Crippen LogP contribution in [-0.2, 0) is 6.42 Å². The Kier molecular flexibility index (Phi) is 5.61. The van der Waals surface area contributed by atoms with Gasteiger partial charge in [-0.25, -0.2) is 0 Å². The van der Waals surface area contributed by atoms with Gasteiger partial charge in [0, 0.05) is 5.54 Å². The highest BCUT2D eigenvalue weighted by Gasteiger charge is 2.16. The van der Waals surface area contributed by atoms with Crippen molar-refractivity contribution in [3.8, 4) is 0 Å². The maximum atomic E-state index is 3.61. The molecule has 0 aliphatic rings. The largest absolute Gasteiger partial charge is 0.312 e. The van der Waals surface area contributed by atoms with Crippen LogP contribution in [0.3, 0.4) is 0 Å². The molecule has 1 aromatic rings. The molecule has 0 fully saturated rings. The van der Waals surface area contributed by atoms with E-state index >= 15 is 0 Å². The fourth-order valence-corrected chi connectivity index (χ4v) is 2.43. The van der Waals surface area contributed by atoms with Gasteiger partial charge in [0.15, 0.2) is 0 Å². The predicted molar refractivity (Wildman–Crippen MR) is 85.7 cm³/mol. The van der Waals surface area contributed by atoms with Crippen LogP contribution in [0.1, 0.15) is 51.3 Å². The highest BCUT2D eigenvalue weighted by atomic mass is 14.9. The van der Waals surface area contributed by atoms with E-state index in [1.165, 1.54) is 23.1 Å². The van der Waals surface area contributed by atoms with Gasteiger partial charge in [-0.15, -0.1) is 0 Å². The zero-order valence-corrected chi connectivity index (χ0v) is 13.8. The van der Waals surface area contributed by atoms with Gasteiger partial charge < -0.3 is 5.32 Å². The first-order valence-corrected chi connectivity index (χ1v) is 7.49. The second-order valence-corrected chi connectivity index (χ2v) is 7.29. The van der Waals surface area contributed by atoms with Crippen LogP contribution in [0, 0.1) is 25.7 Å². The van der Waals surface area contributed by atoms with Gasteiger partial charge in [0.05, 0.1) is 0 Å². The van der Waals surface area contributed by atoms with Crippen LogP contribution in [0.4, 0.5) is 0 Å². The van der Waals surface area contributed by atoms with Gasteiger partial charge in [-0.3, -0.25) is 0 Å². The first kappa shape index (κ1) is 16.2. The summed E-state index contributed by atoms with van der Waals surface area (Å²) < 4.78 is 0. The van der Waals surface area contributed by atoms with E-state index in [2.05, 4.69) is 72.0 Å². The van der Waals surface area contributed by atoms with Crippen LogP contribution in [0.5, 0.6) is 0 Å². The van der Waals surface area contributed by atoms with E-state index in [0.29, 0.717) is 11.8 Å². The van der Waals surface area contributed by atoms with Crippen molar-refractivity contribution in [3.63, 3.8) is 0 Å². The molecular formula is C18H31N. The Hall–Kier alpha value is -0.820. The van der Waals surface area contributed by atoms with Crippen molar-refractivity contribution in [1.82, 2.24) is 5.32 Å². The number of rotatable bonds is 5. The summed E-state index contributed by atoms with van der Waals surface area (Å²) in [5, 5.41) is 3.61. The number of aryl methyl sites for hydroxylation is 2. The quantitative estimate of drug-likeness (QED) is 0.822. The Morgan fingerprint density at radius 3 is 1.95 bits per heavy atom. The normalized spacial score (nSPS) is 15.3. The Labute approximate surface area is 119 Å². The fourth-order valence-electron chi connectivity index (χ4n) is 2.43.